The average molecular weight is 971 g/mol. The Kier molecular flexibility index (Phi) is 13.6. The second-order valence-corrected chi connectivity index (χ2v) is 15.6. The molecule has 26 heteroatoms. The minimum absolute atomic E-state index is 0.480. The molecule has 0 unspecified atom stereocenters. The van der Waals surface area contributed by atoms with Gasteiger partial charge in [0, 0.05) is 23.3 Å². The molecule has 2 heterocycles. The van der Waals surface area contributed by atoms with Gasteiger partial charge < -0.3 is 94.8 Å². The van der Waals surface area contributed by atoms with Crippen molar-refractivity contribution in [2.75, 3.05) is 6.61 Å². The number of aliphatic carboxylic acids is 1. The van der Waals surface area contributed by atoms with E-state index in [0.29, 0.717) is 42.5 Å². The molecule has 0 fully saturated rings. The number of aromatic hydroxyl groups is 11. The number of aliphatic hydroxyl groups excluding tert-OH is 1. The highest BCUT2D eigenvalue weighted by molar-refractivity contribution is 5.98. The molecule has 2 aliphatic rings. The van der Waals surface area contributed by atoms with Gasteiger partial charge in [0.1, 0.15) is 6.10 Å². The van der Waals surface area contributed by atoms with Crippen molar-refractivity contribution in [3.63, 3.8) is 0 Å². The zero-order valence-electron chi connectivity index (χ0n) is 35.2. The minimum Gasteiger partial charge on any atom is -0.504 e. The lowest BCUT2D eigenvalue weighted by Gasteiger charge is -2.37. The van der Waals surface area contributed by atoms with Crippen molar-refractivity contribution in [1.29, 1.82) is 0 Å². The number of hydrogen-bond acceptors (Lipinski definition) is 25. The summed E-state index contributed by atoms with van der Waals surface area (Å²) in [5, 5.41) is 133. The lowest BCUT2D eigenvalue weighted by Crippen LogP contribution is -2.49. The Bertz CT molecular complexity index is 2660. The number of hydrogen-bond donors (Lipinski definition) is 13. The molecule has 13 N–H and O–H groups in total. The maximum Gasteiger partial charge on any atom is 0.341 e. The fourth-order valence-electron chi connectivity index (χ4n) is 7.49. The summed E-state index contributed by atoms with van der Waals surface area (Å²) in [4.78, 5) is 95.4. The summed E-state index contributed by atoms with van der Waals surface area (Å²) in [6, 6.07) is 4.07. The summed E-state index contributed by atoms with van der Waals surface area (Å²) in [6.45, 7) is 1.39. The maximum absolute atomic E-state index is 14.6. The molecule has 0 amide bonds. The van der Waals surface area contributed by atoms with Crippen LogP contribution >= 0.6 is 0 Å². The number of cyclic esters (lactones) is 2. The Balaban J connectivity index is 1.55. The van der Waals surface area contributed by atoms with Crippen LogP contribution in [0.15, 0.2) is 42.5 Å². The highest BCUT2D eigenvalue weighted by Crippen LogP contribution is 2.51. The van der Waals surface area contributed by atoms with Gasteiger partial charge in [-0.2, -0.15) is 0 Å². The van der Waals surface area contributed by atoms with Gasteiger partial charge in [-0.05, 0) is 42.5 Å². The molecule has 26 nitrogen and oxygen atoms in total. The largest absolute Gasteiger partial charge is 0.504 e. The summed E-state index contributed by atoms with van der Waals surface area (Å²) in [5.74, 6) is -32.1. The van der Waals surface area contributed by atoms with E-state index in [9.17, 15) is 99.9 Å². The molecule has 0 saturated heterocycles. The van der Waals surface area contributed by atoms with Crippen molar-refractivity contribution < 1.29 is 128 Å². The van der Waals surface area contributed by atoms with Gasteiger partial charge in [-0.1, -0.05) is 13.8 Å². The number of carbonyl (C=O) groups excluding carboxylic acids is 6. The van der Waals surface area contributed by atoms with E-state index < -0.39 is 200 Å². The van der Waals surface area contributed by atoms with Crippen molar-refractivity contribution in [2.45, 2.75) is 50.8 Å². The van der Waals surface area contributed by atoms with Gasteiger partial charge in [-0.3, -0.25) is 9.59 Å². The Labute approximate surface area is 384 Å². The summed E-state index contributed by atoms with van der Waals surface area (Å²) in [6.07, 6.45) is -10.9. The van der Waals surface area contributed by atoms with E-state index >= 15 is 0 Å². The second kappa shape index (κ2) is 19.0. The molecule has 6 rings (SSSR count). The van der Waals surface area contributed by atoms with Crippen LogP contribution in [0.2, 0.25) is 0 Å². The van der Waals surface area contributed by atoms with E-state index in [0.717, 1.165) is 6.92 Å². The summed E-state index contributed by atoms with van der Waals surface area (Å²) < 4.78 is 32.9. The van der Waals surface area contributed by atoms with Crippen LogP contribution in [0.4, 0.5) is 0 Å². The quantitative estimate of drug-likeness (QED) is 0.0333. The minimum atomic E-state index is -2.71. The molecule has 4 aromatic rings. The van der Waals surface area contributed by atoms with Gasteiger partial charge in [-0.15, -0.1) is 0 Å². The predicted octanol–water partition coefficient (Wildman–Crippen LogP) is 1.52. The highest BCUT2D eigenvalue weighted by Gasteiger charge is 2.52. The van der Waals surface area contributed by atoms with E-state index in [2.05, 4.69) is 0 Å². The summed E-state index contributed by atoms with van der Waals surface area (Å²) in [5.41, 5.74) is -3.96. The second-order valence-electron chi connectivity index (χ2n) is 15.6. The van der Waals surface area contributed by atoms with Crippen LogP contribution in [-0.2, 0) is 38.1 Å². The molecule has 69 heavy (non-hydrogen) atoms. The van der Waals surface area contributed by atoms with Crippen molar-refractivity contribution in [3.8, 4) is 69.0 Å². The number of carboxylic acids is 1. The lowest BCUT2D eigenvalue weighted by atomic mass is 9.76. The van der Waals surface area contributed by atoms with Crippen LogP contribution in [0.1, 0.15) is 73.2 Å². The maximum atomic E-state index is 14.6. The fraction of sp³-hybridized carbons (Fsp3) is 0.279. The Morgan fingerprint density at radius 2 is 1.04 bits per heavy atom. The molecule has 2 aliphatic heterocycles. The monoisotopic (exact) mass is 970 g/mol. The number of ether oxygens (including phenoxy) is 6. The van der Waals surface area contributed by atoms with Gasteiger partial charge in [0.15, 0.2) is 75.5 Å². The highest BCUT2D eigenvalue weighted by atomic mass is 16.7. The molecular formula is C43H38O26. The number of esters is 6. The third kappa shape index (κ3) is 9.75. The lowest BCUT2D eigenvalue weighted by molar-refractivity contribution is -0.185. The van der Waals surface area contributed by atoms with Crippen LogP contribution in [0.3, 0.4) is 0 Å². The Morgan fingerprint density at radius 3 is 1.49 bits per heavy atom. The number of phenolic OH excluding ortho intramolecular Hbond substituents is 11. The average Bonchev–Trinajstić information content (AvgIpc) is 3.29. The normalized spacial score (nSPS) is 20.5. The van der Waals surface area contributed by atoms with E-state index in [-0.39, 0.29) is 0 Å². The molecule has 7 atom stereocenters. The van der Waals surface area contributed by atoms with Crippen LogP contribution < -0.4 is 4.74 Å². The molecule has 0 saturated carbocycles. The van der Waals surface area contributed by atoms with Gasteiger partial charge in [-0.25, -0.2) is 24.0 Å². The van der Waals surface area contributed by atoms with Crippen LogP contribution in [0, 0.1) is 17.8 Å². The molecule has 0 radical (unpaired) electrons. The third-order valence-corrected chi connectivity index (χ3v) is 10.9. The Hall–Kier alpha value is -9.07. The van der Waals surface area contributed by atoms with E-state index in [1.165, 1.54) is 6.92 Å². The number of phenols is 11. The topological polar surface area (TPSA) is 438 Å². The number of aliphatic hydroxyl groups is 1. The van der Waals surface area contributed by atoms with Gasteiger partial charge in [0.25, 0.3) is 6.29 Å². The molecule has 0 aromatic heterocycles. The van der Waals surface area contributed by atoms with Crippen LogP contribution in [-0.4, -0.2) is 139 Å². The zero-order chi connectivity index (χ0) is 51.1. The van der Waals surface area contributed by atoms with Gasteiger partial charge >= 0.3 is 41.8 Å². The van der Waals surface area contributed by atoms with E-state index in [1.54, 1.807) is 0 Å². The van der Waals surface area contributed by atoms with Crippen LogP contribution in [0.5, 0.6) is 69.0 Å². The zero-order valence-corrected chi connectivity index (χ0v) is 35.2. The number of rotatable bonds is 11. The number of benzene rings is 4. The molecule has 366 valence electrons. The van der Waals surface area contributed by atoms with Gasteiger partial charge in [0.05, 0.1) is 41.2 Å². The molecule has 0 aliphatic carbocycles. The Morgan fingerprint density at radius 1 is 0.609 bits per heavy atom. The van der Waals surface area contributed by atoms with Crippen molar-refractivity contribution in [3.05, 3.63) is 70.3 Å². The van der Waals surface area contributed by atoms with Crippen LogP contribution in [0.25, 0.3) is 0 Å². The van der Waals surface area contributed by atoms with Crippen molar-refractivity contribution in [1.82, 2.24) is 0 Å². The first-order valence-electron chi connectivity index (χ1n) is 19.8. The standard InChI is InChI=1S/C43H38O26/c1-12(11-64-37(58)14-3-19(44)29(53)20(45)4-14)34-13(2)35(43(68-38(59)15-5-21(46)30(54)22(47)6-15)69-39(60)16-7-23(48)31(55)24(49)8-16)66-40(61)17-9-25(50)32(56)36-28(17)27(33(57)42(63)67-36)18(10-26(51)52)41(62)65-34/h3-9,12-13,18,27,33-35,43-50,53-57H,10-11H2,1-2H3,(H,51,52)/t12-,13+,18+,27+,33+,34-,35-/m1/s1. The molecular weight excluding hydrogens is 932 g/mol. The first-order valence-corrected chi connectivity index (χ1v) is 19.8. The molecule has 4 aromatic carbocycles. The van der Waals surface area contributed by atoms with Crippen molar-refractivity contribution in [2.24, 2.45) is 17.8 Å². The first kappa shape index (κ1) is 49.4. The third-order valence-electron chi connectivity index (χ3n) is 10.9. The molecule has 0 spiro atoms. The predicted molar refractivity (Wildman–Crippen MR) is 217 cm³/mol. The number of carbonyl (C=O) groups is 7. The number of carboxylic acid groups (broad SMARTS) is 1. The smallest absolute Gasteiger partial charge is 0.341 e. The summed E-state index contributed by atoms with van der Waals surface area (Å²) in [7, 11) is 0. The van der Waals surface area contributed by atoms with Crippen molar-refractivity contribution >= 4 is 41.8 Å². The first-order chi connectivity index (χ1) is 32.3. The van der Waals surface area contributed by atoms with E-state index in [4.69, 9.17) is 28.4 Å². The van der Waals surface area contributed by atoms with E-state index in [1.807, 2.05) is 0 Å². The fourth-order valence-corrected chi connectivity index (χ4v) is 7.49. The SMILES string of the molecule is C[C@H]1[C@@H]([C@H](C)COC(=O)c2cc(O)c(O)c(O)c2)OC(=O)[C@@H](CC(=O)O)[C@H]2c3c(cc(O)c(O)c3OC(=O)[C@H]2O)C(=O)O[C@H]1C(OC(=O)c1cc(O)c(O)c(O)c1)OC(=O)c1cc(O)c(O)c(O)c1. The molecule has 0 bridgehead atoms. The summed E-state index contributed by atoms with van der Waals surface area (Å²) >= 11 is 0. The van der Waals surface area contributed by atoms with Gasteiger partial charge in [0.2, 0.25) is 5.75 Å².